The molecule has 0 aliphatic rings. The van der Waals surface area contributed by atoms with Gasteiger partial charge in [-0.15, -0.1) is 0 Å². The van der Waals surface area contributed by atoms with E-state index in [9.17, 15) is 0 Å². The molecule has 0 amide bonds. The number of aryl methyl sites for hydroxylation is 1. The Kier molecular flexibility index (Phi) is 6.47. The van der Waals surface area contributed by atoms with Gasteiger partial charge in [-0.3, -0.25) is 0 Å². The predicted molar refractivity (Wildman–Crippen MR) is 78.3 cm³/mol. The van der Waals surface area contributed by atoms with Gasteiger partial charge >= 0.3 is 0 Å². The van der Waals surface area contributed by atoms with E-state index >= 15 is 0 Å². The Morgan fingerprint density at radius 3 is 2.67 bits per heavy atom. The lowest BCUT2D eigenvalue weighted by atomic mass is 10.2. The van der Waals surface area contributed by atoms with Gasteiger partial charge in [-0.05, 0) is 19.8 Å². The highest BCUT2D eigenvalue weighted by Gasteiger charge is 2.08. The van der Waals surface area contributed by atoms with Gasteiger partial charge in [-0.25, -0.2) is 4.98 Å². The Balaban J connectivity index is 2.66. The summed E-state index contributed by atoms with van der Waals surface area (Å²) in [7, 11) is 2.11. The van der Waals surface area contributed by atoms with Crippen molar-refractivity contribution in [2.24, 2.45) is 0 Å². The maximum absolute atomic E-state index is 4.59. The van der Waals surface area contributed by atoms with Gasteiger partial charge < -0.3 is 10.2 Å². The lowest BCUT2D eigenvalue weighted by Crippen LogP contribution is -2.21. The molecule has 1 aromatic heterocycles. The number of hydrogen-bond donors (Lipinski definition) is 1. The summed E-state index contributed by atoms with van der Waals surface area (Å²) in [6.07, 6.45) is 6.72. The minimum Gasteiger partial charge on any atom is -0.359 e. The summed E-state index contributed by atoms with van der Waals surface area (Å²) in [6.45, 7) is 8.40. The van der Waals surface area contributed by atoms with Crippen LogP contribution in [0.3, 0.4) is 0 Å². The first-order valence-electron chi connectivity index (χ1n) is 6.97. The third-order valence-electron chi connectivity index (χ3n) is 2.94. The maximum Gasteiger partial charge on any atom is 0.224 e. The molecule has 0 atom stereocenters. The highest BCUT2D eigenvalue weighted by Crippen LogP contribution is 2.17. The van der Waals surface area contributed by atoms with Crippen molar-refractivity contribution in [3.05, 3.63) is 11.8 Å². The molecule has 1 aromatic rings. The molecule has 4 heteroatoms. The van der Waals surface area contributed by atoms with Crippen LogP contribution in [-0.2, 0) is 0 Å². The van der Waals surface area contributed by atoms with Gasteiger partial charge in [0.15, 0.2) is 0 Å². The van der Waals surface area contributed by atoms with Gasteiger partial charge in [0.2, 0.25) is 5.95 Å². The summed E-state index contributed by atoms with van der Waals surface area (Å²) in [6, 6.07) is 0. The average Bonchev–Trinajstić information content (AvgIpc) is 2.38. The van der Waals surface area contributed by atoms with Gasteiger partial charge in [-0.2, -0.15) is 4.98 Å². The Morgan fingerprint density at radius 1 is 1.22 bits per heavy atom. The second-order valence-electron chi connectivity index (χ2n) is 4.76. The van der Waals surface area contributed by atoms with Crippen LogP contribution in [0.4, 0.5) is 11.8 Å². The molecule has 0 saturated carbocycles. The number of nitrogens with zero attached hydrogens (tertiary/aromatic N) is 3. The molecule has 0 aliphatic carbocycles. The molecule has 1 N–H and O–H groups in total. The summed E-state index contributed by atoms with van der Waals surface area (Å²) in [5.41, 5.74) is 1.14. The zero-order valence-corrected chi connectivity index (χ0v) is 12.2. The third kappa shape index (κ3) is 4.51. The SMILES string of the molecule is CCCCCN(C)c1nc(NCCC)ncc1C. The maximum atomic E-state index is 4.59. The van der Waals surface area contributed by atoms with E-state index < -0.39 is 0 Å². The van der Waals surface area contributed by atoms with E-state index in [1.165, 1.54) is 19.3 Å². The van der Waals surface area contributed by atoms with Gasteiger partial charge in [0.05, 0.1) is 0 Å². The molecule has 18 heavy (non-hydrogen) atoms. The van der Waals surface area contributed by atoms with Crippen LogP contribution in [0, 0.1) is 6.92 Å². The molecular formula is C14H26N4. The van der Waals surface area contributed by atoms with Crippen LogP contribution in [-0.4, -0.2) is 30.1 Å². The van der Waals surface area contributed by atoms with E-state index in [0.717, 1.165) is 36.8 Å². The highest BCUT2D eigenvalue weighted by atomic mass is 15.2. The van der Waals surface area contributed by atoms with E-state index in [1.807, 2.05) is 6.20 Å². The van der Waals surface area contributed by atoms with E-state index in [1.54, 1.807) is 0 Å². The van der Waals surface area contributed by atoms with Gasteiger partial charge in [-0.1, -0.05) is 26.7 Å². The molecule has 0 radical (unpaired) electrons. The number of aromatic nitrogens is 2. The van der Waals surface area contributed by atoms with Crippen molar-refractivity contribution < 1.29 is 0 Å². The fourth-order valence-electron chi connectivity index (χ4n) is 1.85. The van der Waals surface area contributed by atoms with Crippen LogP contribution in [0.25, 0.3) is 0 Å². The van der Waals surface area contributed by atoms with Gasteiger partial charge in [0.1, 0.15) is 5.82 Å². The summed E-state index contributed by atoms with van der Waals surface area (Å²) in [4.78, 5) is 11.1. The fraction of sp³-hybridized carbons (Fsp3) is 0.714. The highest BCUT2D eigenvalue weighted by molar-refractivity contribution is 5.48. The number of anilines is 2. The minimum atomic E-state index is 0.736. The molecule has 0 spiro atoms. The molecule has 4 nitrogen and oxygen atoms in total. The topological polar surface area (TPSA) is 41.1 Å². The van der Waals surface area contributed by atoms with Crippen molar-refractivity contribution in [3.8, 4) is 0 Å². The zero-order valence-electron chi connectivity index (χ0n) is 12.2. The first kappa shape index (κ1) is 14.7. The van der Waals surface area contributed by atoms with E-state index in [0.29, 0.717) is 0 Å². The molecule has 0 aliphatic heterocycles. The average molecular weight is 250 g/mol. The summed E-state index contributed by atoms with van der Waals surface area (Å²) in [5.74, 6) is 1.78. The van der Waals surface area contributed by atoms with Crippen molar-refractivity contribution >= 4 is 11.8 Å². The number of rotatable bonds is 8. The Hall–Kier alpha value is -1.32. The lowest BCUT2D eigenvalue weighted by Gasteiger charge is -2.20. The fourth-order valence-corrected chi connectivity index (χ4v) is 1.85. The Bertz CT molecular complexity index is 352. The van der Waals surface area contributed by atoms with Gasteiger partial charge in [0.25, 0.3) is 0 Å². The lowest BCUT2D eigenvalue weighted by molar-refractivity contribution is 0.699. The molecule has 102 valence electrons. The molecule has 0 saturated heterocycles. The van der Waals surface area contributed by atoms with Crippen molar-refractivity contribution in [1.82, 2.24) is 9.97 Å². The summed E-state index contributed by atoms with van der Waals surface area (Å²) >= 11 is 0. The molecule has 0 unspecified atom stereocenters. The largest absolute Gasteiger partial charge is 0.359 e. The molecule has 0 aromatic carbocycles. The van der Waals surface area contributed by atoms with E-state index in [2.05, 4.69) is 48.0 Å². The standard InChI is InChI=1S/C14H26N4/c1-5-7-8-10-18(4)13-12(3)11-16-14(17-13)15-9-6-2/h11H,5-10H2,1-4H3,(H,15,16,17). The van der Waals surface area contributed by atoms with Crippen LogP contribution in [0.5, 0.6) is 0 Å². The first-order chi connectivity index (χ1) is 8.69. The second-order valence-corrected chi connectivity index (χ2v) is 4.76. The van der Waals surface area contributed by atoms with Gasteiger partial charge in [0, 0.05) is 31.9 Å². The summed E-state index contributed by atoms with van der Waals surface area (Å²) in [5, 5.41) is 3.24. The Morgan fingerprint density at radius 2 is 2.00 bits per heavy atom. The molecule has 0 fully saturated rings. The second kappa shape index (κ2) is 7.90. The number of unbranched alkanes of at least 4 members (excludes halogenated alkanes) is 2. The first-order valence-corrected chi connectivity index (χ1v) is 6.97. The third-order valence-corrected chi connectivity index (χ3v) is 2.94. The van der Waals surface area contributed by atoms with Crippen LogP contribution >= 0.6 is 0 Å². The van der Waals surface area contributed by atoms with Crippen LogP contribution in [0.2, 0.25) is 0 Å². The van der Waals surface area contributed by atoms with Crippen LogP contribution < -0.4 is 10.2 Å². The summed E-state index contributed by atoms with van der Waals surface area (Å²) < 4.78 is 0. The predicted octanol–water partition coefficient (Wildman–Crippen LogP) is 3.23. The monoisotopic (exact) mass is 250 g/mol. The molecule has 1 heterocycles. The van der Waals surface area contributed by atoms with Crippen molar-refractivity contribution in [2.75, 3.05) is 30.4 Å². The minimum absolute atomic E-state index is 0.736. The zero-order chi connectivity index (χ0) is 13.4. The van der Waals surface area contributed by atoms with Crippen molar-refractivity contribution in [2.45, 2.75) is 46.5 Å². The van der Waals surface area contributed by atoms with Crippen molar-refractivity contribution in [3.63, 3.8) is 0 Å². The number of nitrogens with one attached hydrogen (secondary N) is 1. The van der Waals surface area contributed by atoms with E-state index in [-0.39, 0.29) is 0 Å². The smallest absolute Gasteiger partial charge is 0.224 e. The van der Waals surface area contributed by atoms with E-state index in [4.69, 9.17) is 0 Å². The quantitative estimate of drug-likeness (QED) is 0.719. The van der Waals surface area contributed by atoms with Crippen molar-refractivity contribution in [1.29, 1.82) is 0 Å². The molecule has 0 bridgehead atoms. The molecule has 1 rings (SSSR count). The normalized spacial score (nSPS) is 10.4. The van der Waals surface area contributed by atoms with Crippen LogP contribution in [0.15, 0.2) is 6.20 Å². The number of hydrogen-bond acceptors (Lipinski definition) is 4. The van der Waals surface area contributed by atoms with Crippen LogP contribution in [0.1, 0.15) is 45.1 Å². The molecular weight excluding hydrogens is 224 g/mol. The Labute approximate surface area is 111 Å².